The fourth-order valence-corrected chi connectivity index (χ4v) is 3.52. The van der Waals surface area contributed by atoms with Gasteiger partial charge in [-0.2, -0.15) is 12.6 Å². The Morgan fingerprint density at radius 2 is 1.16 bits per heavy atom. The molecule has 0 spiro atoms. The maximum Gasteiger partial charge on any atom is 0.328 e. The van der Waals surface area contributed by atoms with Gasteiger partial charge in [-0.3, -0.25) is 14.4 Å². The Morgan fingerprint density at radius 1 is 0.730 bits per heavy atom. The lowest BCUT2D eigenvalue weighted by molar-refractivity contribution is -0.143. The van der Waals surface area contributed by atoms with Crippen molar-refractivity contribution in [3.05, 3.63) is 59.7 Å². The fraction of sp³-hybridized carbons (Fsp3) is 0.333. The number of aliphatic carboxylic acids is 1. The second kappa shape index (κ2) is 14.1. The smallest absolute Gasteiger partial charge is 0.328 e. The van der Waals surface area contributed by atoms with Gasteiger partial charge in [-0.15, -0.1) is 0 Å². The molecule has 2 aromatic rings. The minimum atomic E-state index is -1.59. The second-order valence-corrected chi connectivity index (χ2v) is 8.60. The maximum atomic E-state index is 12.9. The van der Waals surface area contributed by atoms with E-state index in [-0.39, 0.29) is 30.1 Å². The van der Waals surface area contributed by atoms with Gasteiger partial charge in [0.05, 0.1) is 12.6 Å². The average Bonchev–Trinajstić information content (AvgIpc) is 2.87. The van der Waals surface area contributed by atoms with E-state index in [9.17, 15) is 34.5 Å². The van der Waals surface area contributed by atoms with Crippen molar-refractivity contribution in [2.75, 3.05) is 12.4 Å². The molecule has 0 aliphatic heterocycles. The van der Waals surface area contributed by atoms with E-state index in [1.807, 2.05) is 0 Å². The van der Waals surface area contributed by atoms with Gasteiger partial charge in [-0.25, -0.2) is 4.79 Å². The number of amides is 3. The molecule has 4 unspecified atom stereocenters. The van der Waals surface area contributed by atoms with Crippen LogP contribution in [-0.4, -0.2) is 80.6 Å². The third kappa shape index (κ3) is 9.29. The van der Waals surface area contributed by atoms with Gasteiger partial charge < -0.3 is 42.1 Å². The first-order valence-electron chi connectivity index (χ1n) is 11.2. The molecule has 200 valence electrons. The number of hydrogen-bond donors (Lipinski definition) is 9. The van der Waals surface area contributed by atoms with Crippen molar-refractivity contribution in [2.45, 2.75) is 37.0 Å². The highest BCUT2D eigenvalue weighted by molar-refractivity contribution is 7.80. The number of carboxylic acid groups (broad SMARTS) is 1. The second-order valence-electron chi connectivity index (χ2n) is 8.23. The summed E-state index contributed by atoms with van der Waals surface area (Å²) in [6.07, 6.45) is 0.0554. The van der Waals surface area contributed by atoms with Crippen molar-refractivity contribution in [1.29, 1.82) is 0 Å². The van der Waals surface area contributed by atoms with E-state index >= 15 is 0 Å². The average molecular weight is 535 g/mol. The molecule has 2 aromatic carbocycles. The quantitative estimate of drug-likeness (QED) is 0.139. The van der Waals surface area contributed by atoms with Gasteiger partial charge in [0.25, 0.3) is 0 Å². The molecule has 0 radical (unpaired) electrons. The van der Waals surface area contributed by atoms with Crippen LogP contribution in [0.15, 0.2) is 48.5 Å². The molecule has 0 aliphatic rings. The van der Waals surface area contributed by atoms with Crippen LogP contribution in [0.4, 0.5) is 0 Å². The molecule has 0 bridgehead atoms. The molecule has 0 heterocycles. The Labute approximate surface area is 218 Å². The van der Waals surface area contributed by atoms with Crippen molar-refractivity contribution in [3.8, 4) is 11.5 Å². The van der Waals surface area contributed by atoms with Crippen LogP contribution >= 0.6 is 12.6 Å². The highest BCUT2D eigenvalue weighted by atomic mass is 32.1. The summed E-state index contributed by atoms with van der Waals surface area (Å²) in [5, 5.41) is 44.3. The van der Waals surface area contributed by atoms with E-state index in [0.29, 0.717) is 11.1 Å². The standard InChI is InChI=1S/C24H30N4O8S/c25-17(9-13-1-5-15(30)6-2-13)21(32)28-20(12-37)23(34)26-18(10-14-3-7-16(31)8-4-14)22(33)27-19(11-29)24(35)36/h1-8,17-20,29-31,37H,9-12,25H2,(H,26,34)(H,27,33)(H,28,32)(H,35,36). The number of aliphatic hydroxyl groups excluding tert-OH is 1. The lowest BCUT2D eigenvalue weighted by Gasteiger charge is -2.24. The summed E-state index contributed by atoms with van der Waals surface area (Å²) in [4.78, 5) is 49.6. The first kappa shape index (κ1) is 29.4. The Kier molecular flexibility index (Phi) is 11.2. The van der Waals surface area contributed by atoms with E-state index in [2.05, 4.69) is 28.6 Å². The third-order valence-electron chi connectivity index (χ3n) is 5.35. The van der Waals surface area contributed by atoms with Gasteiger partial charge in [0, 0.05) is 12.2 Å². The van der Waals surface area contributed by atoms with E-state index < -0.39 is 54.5 Å². The molecule has 0 saturated carbocycles. The Morgan fingerprint density at radius 3 is 1.62 bits per heavy atom. The van der Waals surface area contributed by atoms with Crippen molar-refractivity contribution >= 4 is 36.3 Å². The number of carboxylic acids is 1. The summed E-state index contributed by atoms with van der Waals surface area (Å²) in [6, 6.07) is 6.85. The minimum Gasteiger partial charge on any atom is -0.508 e. The van der Waals surface area contributed by atoms with E-state index in [1.165, 1.54) is 36.4 Å². The zero-order chi connectivity index (χ0) is 27.5. The number of aliphatic hydroxyl groups is 1. The molecular formula is C24H30N4O8S. The SMILES string of the molecule is NC(Cc1ccc(O)cc1)C(=O)NC(CS)C(=O)NC(Cc1ccc(O)cc1)C(=O)NC(CO)C(=O)O. The molecule has 4 atom stereocenters. The third-order valence-corrected chi connectivity index (χ3v) is 5.72. The number of nitrogens with two attached hydrogens (primary N) is 1. The normalized spacial score (nSPS) is 14.0. The highest BCUT2D eigenvalue weighted by Crippen LogP contribution is 2.13. The molecule has 0 saturated heterocycles. The molecule has 0 fully saturated rings. The monoisotopic (exact) mass is 534 g/mol. The largest absolute Gasteiger partial charge is 0.508 e. The first-order chi connectivity index (χ1) is 17.5. The summed E-state index contributed by atoms with van der Waals surface area (Å²) in [5.41, 5.74) is 7.19. The van der Waals surface area contributed by atoms with E-state index in [4.69, 9.17) is 10.8 Å². The number of aromatic hydroxyl groups is 2. The van der Waals surface area contributed by atoms with Crippen molar-refractivity contribution < 1.29 is 39.6 Å². The number of phenolic OH excluding ortho intramolecular Hbond substituents is 2. The van der Waals surface area contributed by atoms with Crippen LogP contribution in [0.1, 0.15) is 11.1 Å². The van der Waals surface area contributed by atoms with E-state index in [0.717, 1.165) is 0 Å². The fourth-order valence-electron chi connectivity index (χ4n) is 3.26. The Balaban J connectivity index is 2.11. The lowest BCUT2D eigenvalue weighted by atomic mass is 10.0. The molecule has 3 amide bonds. The Hall–Kier alpha value is -3.81. The van der Waals surface area contributed by atoms with Crippen LogP contribution in [0.5, 0.6) is 11.5 Å². The Bertz CT molecular complexity index is 1080. The zero-order valence-corrected chi connectivity index (χ0v) is 20.6. The van der Waals surface area contributed by atoms with Gasteiger partial charge in [-0.05, 0) is 41.8 Å². The summed E-state index contributed by atoms with van der Waals surface area (Å²) in [6.45, 7) is -0.866. The zero-order valence-electron chi connectivity index (χ0n) is 19.7. The number of hydrogen-bond acceptors (Lipinski definition) is 9. The van der Waals surface area contributed by atoms with Crippen molar-refractivity contribution in [1.82, 2.24) is 16.0 Å². The maximum absolute atomic E-state index is 12.9. The predicted molar refractivity (Wildman–Crippen MR) is 136 cm³/mol. The number of nitrogens with one attached hydrogen (secondary N) is 3. The topological polar surface area (TPSA) is 211 Å². The minimum absolute atomic E-state index is 0.0125. The van der Waals surface area contributed by atoms with Gasteiger partial charge in [0.1, 0.15) is 29.6 Å². The summed E-state index contributed by atoms with van der Waals surface area (Å²) >= 11 is 4.11. The number of benzene rings is 2. The summed E-state index contributed by atoms with van der Waals surface area (Å²) < 4.78 is 0. The van der Waals surface area contributed by atoms with Gasteiger partial charge in [-0.1, -0.05) is 24.3 Å². The number of phenols is 2. The number of carbonyl (C=O) groups excluding carboxylic acids is 3. The lowest BCUT2D eigenvalue weighted by Crippen LogP contribution is -2.58. The molecule has 2 rings (SSSR count). The van der Waals surface area contributed by atoms with Crippen LogP contribution in [0.3, 0.4) is 0 Å². The molecule has 0 aromatic heterocycles. The van der Waals surface area contributed by atoms with Crippen LogP contribution in [-0.2, 0) is 32.0 Å². The van der Waals surface area contributed by atoms with Gasteiger partial charge in [0.2, 0.25) is 17.7 Å². The van der Waals surface area contributed by atoms with Crippen LogP contribution < -0.4 is 21.7 Å². The van der Waals surface area contributed by atoms with Crippen molar-refractivity contribution in [2.24, 2.45) is 5.73 Å². The molecular weight excluding hydrogens is 504 g/mol. The highest BCUT2D eigenvalue weighted by Gasteiger charge is 2.30. The van der Waals surface area contributed by atoms with Crippen LogP contribution in [0, 0.1) is 0 Å². The predicted octanol–water partition coefficient (Wildman–Crippen LogP) is -1.33. The van der Waals surface area contributed by atoms with E-state index in [1.54, 1.807) is 12.1 Å². The summed E-state index contributed by atoms with van der Waals surface area (Å²) in [7, 11) is 0. The molecule has 12 nitrogen and oxygen atoms in total. The van der Waals surface area contributed by atoms with Crippen molar-refractivity contribution in [3.63, 3.8) is 0 Å². The number of rotatable bonds is 13. The van der Waals surface area contributed by atoms with Gasteiger partial charge >= 0.3 is 5.97 Å². The van der Waals surface area contributed by atoms with Crippen LogP contribution in [0.2, 0.25) is 0 Å². The molecule has 0 aliphatic carbocycles. The first-order valence-corrected chi connectivity index (χ1v) is 11.8. The number of carbonyl (C=O) groups is 4. The number of thiol groups is 1. The summed E-state index contributed by atoms with van der Waals surface area (Å²) in [5.74, 6) is -3.84. The van der Waals surface area contributed by atoms with Gasteiger partial charge in [0.15, 0.2) is 0 Å². The molecule has 13 heteroatoms. The van der Waals surface area contributed by atoms with Crippen LogP contribution in [0.25, 0.3) is 0 Å². The molecule has 9 N–H and O–H groups in total. The molecule has 37 heavy (non-hydrogen) atoms.